The second-order valence-electron chi connectivity index (χ2n) is 7.01. The summed E-state index contributed by atoms with van der Waals surface area (Å²) in [4.78, 5) is 16.4. The van der Waals surface area contributed by atoms with Gasteiger partial charge in [-0.25, -0.2) is 0 Å². The lowest BCUT2D eigenvalue weighted by Crippen LogP contribution is -2.45. The minimum absolute atomic E-state index is 0. The summed E-state index contributed by atoms with van der Waals surface area (Å²) in [5.74, 6) is 0.0115. The Morgan fingerprint density at radius 1 is 1.08 bits per heavy atom. The Bertz CT molecular complexity index is 502. The lowest BCUT2D eigenvalue weighted by Gasteiger charge is -2.26. The molecule has 0 bridgehead atoms. The first-order chi connectivity index (χ1) is 11.0. The van der Waals surface area contributed by atoms with Gasteiger partial charge in [0, 0.05) is 19.6 Å². The molecule has 0 radical (unpaired) electrons. The summed E-state index contributed by atoms with van der Waals surface area (Å²) >= 11 is 0. The van der Waals surface area contributed by atoms with Crippen LogP contribution in [-0.2, 0) is 17.8 Å². The predicted molar refractivity (Wildman–Crippen MR) is 110 cm³/mol. The Kier molecular flexibility index (Phi) is 11.4. The number of piperidine rings is 1. The number of rotatable bonds is 6. The average molecular weight is 390 g/mol. The van der Waals surface area contributed by atoms with Crippen molar-refractivity contribution in [3.63, 3.8) is 0 Å². The summed E-state index contributed by atoms with van der Waals surface area (Å²) in [6.45, 7) is 7.45. The monoisotopic (exact) mass is 389 g/mol. The fraction of sp³-hybridized carbons (Fsp3) is 0.632. The summed E-state index contributed by atoms with van der Waals surface area (Å²) in [6, 6.07) is 8.29. The van der Waals surface area contributed by atoms with E-state index in [2.05, 4.69) is 29.2 Å². The van der Waals surface area contributed by atoms with Crippen molar-refractivity contribution < 1.29 is 4.79 Å². The van der Waals surface area contributed by atoms with E-state index in [0.717, 1.165) is 12.1 Å². The molecule has 144 valence electrons. The molecule has 1 unspecified atom stereocenters. The predicted octanol–water partition coefficient (Wildman–Crippen LogP) is 3.25. The third-order valence-corrected chi connectivity index (χ3v) is 4.77. The molecule has 0 aliphatic carbocycles. The van der Waals surface area contributed by atoms with E-state index in [0.29, 0.717) is 6.42 Å². The van der Waals surface area contributed by atoms with Crippen molar-refractivity contribution in [1.29, 1.82) is 0 Å². The first kappa shape index (κ1) is 24.2. The van der Waals surface area contributed by atoms with Crippen LogP contribution in [0.1, 0.15) is 44.2 Å². The van der Waals surface area contributed by atoms with Gasteiger partial charge < -0.3 is 10.6 Å². The summed E-state index contributed by atoms with van der Waals surface area (Å²) < 4.78 is 0. The van der Waals surface area contributed by atoms with E-state index >= 15 is 0 Å². The zero-order valence-electron chi connectivity index (χ0n) is 15.6. The van der Waals surface area contributed by atoms with E-state index < -0.39 is 6.04 Å². The third-order valence-electron chi connectivity index (χ3n) is 4.77. The lowest BCUT2D eigenvalue weighted by molar-refractivity contribution is -0.132. The highest BCUT2D eigenvalue weighted by Gasteiger charge is 2.20. The molecule has 1 fully saturated rings. The third kappa shape index (κ3) is 7.53. The Labute approximate surface area is 164 Å². The number of halogens is 2. The van der Waals surface area contributed by atoms with Crippen LogP contribution < -0.4 is 5.73 Å². The first-order valence-electron chi connectivity index (χ1n) is 8.80. The van der Waals surface area contributed by atoms with Crippen LogP contribution in [0, 0.1) is 0 Å². The molecule has 1 aromatic rings. The zero-order valence-corrected chi connectivity index (χ0v) is 17.2. The molecule has 1 atom stereocenters. The van der Waals surface area contributed by atoms with Crippen molar-refractivity contribution in [2.45, 2.75) is 58.2 Å². The molecule has 1 saturated heterocycles. The number of nitrogens with zero attached hydrogens (tertiary/aromatic N) is 2. The number of hydrogen-bond acceptors (Lipinski definition) is 3. The molecule has 1 aromatic carbocycles. The first-order valence-corrected chi connectivity index (χ1v) is 8.80. The minimum atomic E-state index is -0.463. The number of likely N-dealkylation sites (tertiary alicyclic amines) is 1. The molecule has 25 heavy (non-hydrogen) atoms. The van der Waals surface area contributed by atoms with Crippen LogP contribution in [0.25, 0.3) is 0 Å². The minimum Gasteiger partial charge on any atom is -0.342 e. The SMILES string of the molecule is CC(C)N(C)C(=O)C(N)Cc1ccc(CN2CCCCC2)cc1.Cl.Cl. The van der Waals surface area contributed by atoms with E-state index in [9.17, 15) is 4.79 Å². The molecule has 0 aromatic heterocycles. The van der Waals surface area contributed by atoms with Gasteiger partial charge in [0.2, 0.25) is 5.91 Å². The highest BCUT2D eigenvalue weighted by Crippen LogP contribution is 2.14. The number of hydrogen-bond donors (Lipinski definition) is 1. The second-order valence-corrected chi connectivity index (χ2v) is 7.01. The molecule has 6 heteroatoms. The molecule has 1 amide bonds. The van der Waals surface area contributed by atoms with Gasteiger partial charge >= 0.3 is 0 Å². The molecule has 0 spiro atoms. The van der Waals surface area contributed by atoms with Crippen molar-refractivity contribution >= 4 is 30.7 Å². The van der Waals surface area contributed by atoms with Crippen molar-refractivity contribution in [3.05, 3.63) is 35.4 Å². The van der Waals surface area contributed by atoms with E-state index in [4.69, 9.17) is 5.73 Å². The van der Waals surface area contributed by atoms with Crippen LogP contribution in [0.3, 0.4) is 0 Å². The average Bonchev–Trinajstić information content (AvgIpc) is 2.56. The Morgan fingerprint density at radius 3 is 2.12 bits per heavy atom. The molecular weight excluding hydrogens is 357 g/mol. The molecule has 2 N–H and O–H groups in total. The molecule has 1 aliphatic rings. The van der Waals surface area contributed by atoms with Crippen molar-refractivity contribution in [2.24, 2.45) is 5.73 Å². The maximum Gasteiger partial charge on any atom is 0.239 e. The van der Waals surface area contributed by atoms with E-state index in [1.165, 1.54) is 37.9 Å². The number of carbonyl (C=O) groups excluding carboxylic acids is 1. The van der Waals surface area contributed by atoms with Gasteiger partial charge in [-0.3, -0.25) is 9.69 Å². The van der Waals surface area contributed by atoms with Crippen LogP contribution in [0.2, 0.25) is 0 Å². The number of amides is 1. The van der Waals surface area contributed by atoms with Gasteiger partial charge in [-0.15, -0.1) is 24.8 Å². The maximum atomic E-state index is 12.2. The maximum absolute atomic E-state index is 12.2. The topological polar surface area (TPSA) is 49.6 Å². The molecule has 0 saturated carbocycles. The second kappa shape index (κ2) is 11.7. The zero-order chi connectivity index (χ0) is 16.8. The fourth-order valence-electron chi connectivity index (χ4n) is 3.01. The standard InChI is InChI=1S/C19H31N3O.2ClH/c1-15(2)21(3)19(23)18(20)13-16-7-9-17(10-8-16)14-22-11-5-4-6-12-22;;/h7-10,15,18H,4-6,11-14,20H2,1-3H3;2*1H. The highest BCUT2D eigenvalue weighted by molar-refractivity contribution is 5.85. The largest absolute Gasteiger partial charge is 0.342 e. The van der Waals surface area contributed by atoms with Gasteiger partial charge in [0.1, 0.15) is 0 Å². The van der Waals surface area contributed by atoms with Crippen molar-refractivity contribution in [1.82, 2.24) is 9.80 Å². The number of likely N-dealkylation sites (N-methyl/N-ethyl adjacent to an activating group) is 1. The number of benzene rings is 1. The number of carbonyl (C=O) groups is 1. The Morgan fingerprint density at radius 2 is 1.60 bits per heavy atom. The van der Waals surface area contributed by atoms with Gasteiger partial charge in [0.05, 0.1) is 6.04 Å². The van der Waals surface area contributed by atoms with Crippen LogP contribution in [-0.4, -0.2) is 47.9 Å². The van der Waals surface area contributed by atoms with Crippen LogP contribution in [0.15, 0.2) is 24.3 Å². The Hall–Kier alpha value is -0.810. The van der Waals surface area contributed by atoms with Crippen molar-refractivity contribution in [3.8, 4) is 0 Å². The number of nitrogens with two attached hydrogens (primary N) is 1. The van der Waals surface area contributed by atoms with Gasteiger partial charge in [-0.2, -0.15) is 0 Å². The normalized spacial score (nSPS) is 15.9. The molecule has 2 rings (SSSR count). The summed E-state index contributed by atoms with van der Waals surface area (Å²) in [5.41, 5.74) is 8.55. The summed E-state index contributed by atoms with van der Waals surface area (Å²) in [6.07, 6.45) is 4.60. The van der Waals surface area contributed by atoms with Gasteiger partial charge in [0.25, 0.3) is 0 Å². The molecular formula is C19H33Cl2N3O. The van der Waals surface area contributed by atoms with Gasteiger partial charge in [-0.05, 0) is 57.3 Å². The summed E-state index contributed by atoms with van der Waals surface area (Å²) in [5, 5.41) is 0. The molecule has 1 aliphatic heterocycles. The quantitative estimate of drug-likeness (QED) is 0.811. The van der Waals surface area contributed by atoms with E-state index in [1.54, 1.807) is 4.90 Å². The smallest absolute Gasteiger partial charge is 0.239 e. The van der Waals surface area contributed by atoms with Gasteiger partial charge in [0.15, 0.2) is 0 Å². The van der Waals surface area contributed by atoms with Crippen LogP contribution in [0.5, 0.6) is 0 Å². The van der Waals surface area contributed by atoms with Gasteiger partial charge in [-0.1, -0.05) is 30.7 Å². The Balaban J connectivity index is 0.00000288. The highest BCUT2D eigenvalue weighted by atomic mass is 35.5. The van der Waals surface area contributed by atoms with E-state index in [1.807, 2.05) is 20.9 Å². The molecule has 1 heterocycles. The van der Waals surface area contributed by atoms with Crippen LogP contribution >= 0.6 is 24.8 Å². The van der Waals surface area contributed by atoms with Crippen LogP contribution in [0.4, 0.5) is 0 Å². The summed E-state index contributed by atoms with van der Waals surface area (Å²) in [7, 11) is 1.81. The fourth-order valence-corrected chi connectivity index (χ4v) is 3.01. The van der Waals surface area contributed by atoms with Crippen molar-refractivity contribution in [2.75, 3.05) is 20.1 Å². The van der Waals surface area contributed by atoms with E-state index in [-0.39, 0.29) is 36.8 Å². The lowest BCUT2D eigenvalue weighted by atomic mass is 10.0. The molecule has 4 nitrogen and oxygen atoms in total.